The Morgan fingerprint density at radius 1 is 0.714 bits per heavy atom. The molecule has 11 heteroatoms. The summed E-state index contributed by atoms with van der Waals surface area (Å²) in [5.74, 6) is 0. The number of fused-ring (bicyclic) bond motifs is 2. The molecule has 0 spiro atoms. The SMILES string of the molecule is C=O.O=[N+]([O-])c1ccc2ncncc2c1.O=[N+]([O-])c1ccc2ncncc2c1. The summed E-state index contributed by atoms with van der Waals surface area (Å²) in [5.41, 5.74) is 1.53. The fourth-order valence-electron chi connectivity index (χ4n) is 2.17. The van der Waals surface area contributed by atoms with Crippen LogP contribution in [0.25, 0.3) is 21.8 Å². The predicted octanol–water partition coefficient (Wildman–Crippen LogP) is 2.89. The first-order valence-electron chi connectivity index (χ1n) is 7.52. The second kappa shape index (κ2) is 9.33. The smallest absolute Gasteiger partial charge is 0.270 e. The average molecular weight is 380 g/mol. The molecule has 0 atom stereocenters. The van der Waals surface area contributed by atoms with Gasteiger partial charge in [-0.15, -0.1) is 0 Å². The Hall–Kier alpha value is -4.41. The molecule has 11 nitrogen and oxygen atoms in total. The summed E-state index contributed by atoms with van der Waals surface area (Å²) in [6, 6.07) is 8.97. The Kier molecular flexibility index (Phi) is 6.64. The van der Waals surface area contributed by atoms with E-state index >= 15 is 0 Å². The standard InChI is InChI=1S/2C8H5N3O2.CH2O/c2*12-11(13)7-1-2-8-6(3-7)4-9-5-10-8;1-2/h2*1-5H;1H2. The maximum atomic E-state index is 10.4. The van der Waals surface area contributed by atoms with Gasteiger partial charge in [0.25, 0.3) is 11.4 Å². The molecule has 4 rings (SSSR count). The Morgan fingerprint density at radius 2 is 1.11 bits per heavy atom. The number of benzene rings is 2. The predicted molar refractivity (Wildman–Crippen MR) is 99.5 cm³/mol. The second-order valence-electron chi connectivity index (χ2n) is 5.05. The normalized spacial score (nSPS) is 9.57. The van der Waals surface area contributed by atoms with Crippen LogP contribution >= 0.6 is 0 Å². The molecule has 0 fully saturated rings. The number of hydrogen-bond donors (Lipinski definition) is 0. The van der Waals surface area contributed by atoms with E-state index in [4.69, 9.17) is 4.79 Å². The first-order valence-corrected chi connectivity index (χ1v) is 7.52. The number of hydrogen-bond acceptors (Lipinski definition) is 9. The molecule has 0 saturated carbocycles. The monoisotopic (exact) mass is 380 g/mol. The number of nitro groups is 2. The summed E-state index contributed by atoms with van der Waals surface area (Å²) in [6.45, 7) is 2.00. The largest absolute Gasteiger partial charge is 0.307 e. The van der Waals surface area contributed by atoms with E-state index in [-0.39, 0.29) is 11.4 Å². The highest BCUT2D eigenvalue weighted by molar-refractivity contribution is 5.80. The molecule has 0 aliphatic heterocycles. The van der Waals surface area contributed by atoms with Crippen LogP contribution in [-0.4, -0.2) is 36.6 Å². The van der Waals surface area contributed by atoms with Gasteiger partial charge in [-0.05, 0) is 12.1 Å². The topological polar surface area (TPSA) is 155 Å². The van der Waals surface area contributed by atoms with Gasteiger partial charge in [-0.1, -0.05) is 0 Å². The van der Waals surface area contributed by atoms with Crippen LogP contribution < -0.4 is 0 Å². The van der Waals surface area contributed by atoms with Crippen molar-refractivity contribution >= 4 is 40.0 Å². The van der Waals surface area contributed by atoms with Crippen molar-refractivity contribution in [3.8, 4) is 0 Å². The second-order valence-corrected chi connectivity index (χ2v) is 5.05. The maximum Gasteiger partial charge on any atom is 0.270 e. The van der Waals surface area contributed by atoms with Crippen LogP contribution in [0.4, 0.5) is 11.4 Å². The molecule has 0 N–H and O–H groups in total. The molecule has 140 valence electrons. The zero-order valence-corrected chi connectivity index (χ0v) is 14.2. The lowest BCUT2D eigenvalue weighted by molar-refractivity contribution is -0.384. The molecular formula is C17H12N6O5. The van der Waals surface area contributed by atoms with Gasteiger partial charge in [0.2, 0.25) is 0 Å². The minimum Gasteiger partial charge on any atom is -0.307 e. The van der Waals surface area contributed by atoms with Crippen LogP contribution in [0.15, 0.2) is 61.4 Å². The fraction of sp³-hybridized carbons (Fsp3) is 0. The van der Waals surface area contributed by atoms with Gasteiger partial charge in [0.1, 0.15) is 19.4 Å². The zero-order valence-electron chi connectivity index (χ0n) is 14.2. The van der Waals surface area contributed by atoms with Crippen LogP contribution in [0, 0.1) is 20.2 Å². The summed E-state index contributed by atoms with van der Waals surface area (Å²) < 4.78 is 0. The number of rotatable bonds is 2. The number of carbonyl (C=O) groups is 1. The van der Waals surface area contributed by atoms with Crippen LogP contribution in [0.1, 0.15) is 0 Å². The molecule has 0 radical (unpaired) electrons. The first kappa shape index (κ1) is 19.9. The highest BCUT2D eigenvalue weighted by Gasteiger charge is 2.06. The van der Waals surface area contributed by atoms with Crippen molar-refractivity contribution in [1.29, 1.82) is 0 Å². The van der Waals surface area contributed by atoms with Crippen molar-refractivity contribution in [2.24, 2.45) is 0 Å². The maximum absolute atomic E-state index is 10.4. The van der Waals surface area contributed by atoms with Gasteiger partial charge in [-0.25, -0.2) is 19.9 Å². The lowest BCUT2D eigenvalue weighted by atomic mass is 10.2. The molecule has 2 heterocycles. The van der Waals surface area contributed by atoms with Crippen LogP contribution in [0.2, 0.25) is 0 Å². The third-order valence-electron chi connectivity index (χ3n) is 3.40. The van der Waals surface area contributed by atoms with Crippen molar-refractivity contribution in [2.75, 3.05) is 0 Å². The molecule has 2 aromatic carbocycles. The van der Waals surface area contributed by atoms with E-state index in [1.54, 1.807) is 24.5 Å². The van der Waals surface area contributed by atoms with Gasteiger partial charge in [0.05, 0.1) is 20.9 Å². The van der Waals surface area contributed by atoms with Crippen molar-refractivity contribution in [2.45, 2.75) is 0 Å². The van der Waals surface area contributed by atoms with E-state index in [0.29, 0.717) is 21.8 Å². The third kappa shape index (κ3) is 4.82. The Morgan fingerprint density at radius 3 is 1.46 bits per heavy atom. The fourth-order valence-corrected chi connectivity index (χ4v) is 2.17. The van der Waals surface area contributed by atoms with E-state index in [0.717, 1.165) is 0 Å². The Bertz CT molecular complexity index is 1050. The molecule has 0 saturated heterocycles. The van der Waals surface area contributed by atoms with Crippen molar-refractivity contribution in [3.63, 3.8) is 0 Å². The number of aromatic nitrogens is 4. The molecule has 0 aliphatic carbocycles. The number of carbonyl (C=O) groups excluding carboxylic acids is 1. The molecule has 4 aromatic rings. The zero-order chi connectivity index (χ0) is 20.5. The van der Waals surface area contributed by atoms with Crippen molar-refractivity contribution in [1.82, 2.24) is 19.9 Å². The molecule has 0 unspecified atom stereocenters. The highest BCUT2D eigenvalue weighted by atomic mass is 16.6. The molecule has 0 amide bonds. The number of non-ortho nitro benzene ring substituents is 2. The minimum absolute atomic E-state index is 0.0577. The van der Waals surface area contributed by atoms with E-state index in [2.05, 4.69) is 19.9 Å². The lowest BCUT2D eigenvalue weighted by Gasteiger charge is -1.94. The molecule has 28 heavy (non-hydrogen) atoms. The van der Waals surface area contributed by atoms with E-state index < -0.39 is 9.85 Å². The van der Waals surface area contributed by atoms with Crippen LogP contribution in [-0.2, 0) is 4.79 Å². The number of nitro benzene ring substituents is 2. The summed E-state index contributed by atoms with van der Waals surface area (Å²) in [6.07, 6.45) is 5.92. The highest BCUT2D eigenvalue weighted by Crippen LogP contribution is 2.18. The van der Waals surface area contributed by atoms with Gasteiger partial charge in [-0.2, -0.15) is 0 Å². The average Bonchev–Trinajstić information content (AvgIpc) is 2.75. The van der Waals surface area contributed by atoms with Gasteiger partial charge in [-0.3, -0.25) is 20.2 Å². The molecule has 2 aromatic heterocycles. The lowest BCUT2D eigenvalue weighted by Crippen LogP contribution is -1.88. The van der Waals surface area contributed by atoms with Gasteiger partial charge in [0, 0.05) is 47.4 Å². The van der Waals surface area contributed by atoms with Crippen LogP contribution in [0.3, 0.4) is 0 Å². The quantitative estimate of drug-likeness (QED) is 0.377. The molecular weight excluding hydrogens is 368 g/mol. The summed E-state index contributed by atoms with van der Waals surface area (Å²) in [5, 5.41) is 22.2. The van der Waals surface area contributed by atoms with Gasteiger partial charge >= 0.3 is 0 Å². The van der Waals surface area contributed by atoms with Gasteiger partial charge in [0.15, 0.2) is 0 Å². The van der Waals surface area contributed by atoms with Crippen LogP contribution in [0.5, 0.6) is 0 Å². The number of nitrogens with zero attached hydrogens (tertiary/aromatic N) is 6. The van der Waals surface area contributed by atoms with E-state index in [1.807, 2.05) is 6.79 Å². The third-order valence-corrected chi connectivity index (χ3v) is 3.40. The molecule has 0 aliphatic rings. The van der Waals surface area contributed by atoms with E-state index in [1.165, 1.54) is 36.9 Å². The Labute approximate surface area is 157 Å². The Balaban J connectivity index is 0.000000184. The molecule has 0 bridgehead atoms. The van der Waals surface area contributed by atoms with E-state index in [9.17, 15) is 20.2 Å². The minimum atomic E-state index is -0.438. The van der Waals surface area contributed by atoms with Crippen molar-refractivity contribution in [3.05, 3.63) is 81.7 Å². The first-order chi connectivity index (χ1) is 13.5. The van der Waals surface area contributed by atoms with Crippen molar-refractivity contribution < 1.29 is 14.6 Å². The summed E-state index contributed by atoms with van der Waals surface area (Å²) >= 11 is 0. The summed E-state index contributed by atoms with van der Waals surface area (Å²) in [4.78, 5) is 43.4. The summed E-state index contributed by atoms with van der Waals surface area (Å²) in [7, 11) is 0. The van der Waals surface area contributed by atoms with Gasteiger partial charge < -0.3 is 4.79 Å².